The number of carboxylic acid groups (broad SMARTS) is 2. The molecule has 1 aliphatic heterocycles. The van der Waals surface area contributed by atoms with Gasteiger partial charge in [-0.25, -0.2) is 8.78 Å². The summed E-state index contributed by atoms with van der Waals surface area (Å²) in [5.41, 5.74) is -6.65. The molecule has 1 aliphatic rings. The zero-order chi connectivity index (χ0) is 20.0. The van der Waals surface area contributed by atoms with E-state index < -0.39 is 65.4 Å². The molecule has 4 atom stereocenters. The first kappa shape index (κ1) is 21.3. The van der Waals surface area contributed by atoms with Crippen molar-refractivity contribution in [3.8, 4) is 0 Å². The maximum Gasteiger partial charge on any atom is 0.411 e. The SMILES string of the molecule is CCC1(C(=O)O)C(C(F)(F)F)N=C(C(F)F)C(C)(C(=O)O)C1C(C)C. The van der Waals surface area contributed by atoms with Gasteiger partial charge >= 0.3 is 18.1 Å². The molecule has 144 valence electrons. The lowest BCUT2D eigenvalue weighted by atomic mass is 9.51. The molecule has 1 rings (SSSR count). The summed E-state index contributed by atoms with van der Waals surface area (Å²) in [6, 6.07) is -2.95. The van der Waals surface area contributed by atoms with Gasteiger partial charge in [0.05, 0.1) is 5.71 Å². The topological polar surface area (TPSA) is 87.0 Å². The van der Waals surface area contributed by atoms with Gasteiger partial charge in [0.2, 0.25) is 0 Å². The Labute approximate surface area is 140 Å². The largest absolute Gasteiger partial charge is 0.481 e. The third-order valence-corrected chi connectivity index (χ3v) is 5.08. The molecule has 0 bridgehead atoms. The highest BCUT2D eigenvalue weighted by atomic mass is 19.4. The second kappa shape index (κ2) is 6.53. The van der Waals surface area contributed by atoms with E-state index in [1.54, 1.807) is 0 Å². The summed E-state index contributed by atoms with van der Waals surface area (Å²) in [6.45, 7) is 4.63. The lowest BCUT2D eigenvalue weighted by molar-refractivity contribution is -0.211. The van der Waals surface area contributed by atoms with Gasteiger partial charge in [-0.1, -0.05) is 20.8 Å². The number of alkyl halides is 5. The molecule has 0 radical (unpaired) electrons. The predicted octanol–water partition coefficient (Wildman–Crippen LogP) is 3.48. The standard InChI is InChI=1S/C15H20F5NO4/c1-5-14(12(24)25)7(6(2)3)13(4,11(22)23)8(9(16)17)21-10(14)15(18,19)20/h6-7,9-10H,5H2,1-4H3,(H,22,23)(H,24,25). The van der Waals surface area contributed by atoms with E-state index in [1.165, 1.54) is 13.8 Å². The van der Waals surface area contributed by atoms with Crippen LogP contribution in [0.5, 0.6) is 0 Å². The van der Waals surface area contributed by atoms with Gasteiger partial charge in [0.15, 0.2) is 6.04 Å². The lowest BCUT2D eigenvalue weighted by Gasteiger charge is -2.53. The van der Waals surface area contributed by atoms with E-state index in [4.69, 9.17) is 0 Å². The van der Waals surface area contributed by atoms with Gasteiger partial charge < -0.3 is 10.2 Å². The average molecular weight is 373 g/mol. The Kier molecular flexibility index (Phi) is 5.56. The minimum absolute atomic E-state index is 0.613. The van der Waals surface area contributed by atoms with Crippen molar-refractivity contribution in [2.75, 3.05) is 0 Å². The van der Waals surface area contributed by atoms with Crippen molar-refractivity contribution in [2.45, 2.75) is 52.8 Å². The third kappa shape index (κ3) is 2.99. The van der Waals surface area contributed by atoms with Crippen LogP contribution in [0.4, 0.5) is 22.0 Å². The number of aliphatic imine (C=N–C) groups is 1. The molecular formula is C15H20F5NO4. The molecule has 10 heteroatoms. The number of aliphatic carboxylic acids is 2. The lowest BCUT2D eigenvalue weighted by Crippen LogP contribution is -2.66. The maximum atomic E-state index is 13.5. The van der Waals surface area contributed by atoms with E-state index >= 15 is 0 Å². The highest BCUT2D eigenvalue weighted by molar-refractivity contribution is 6.09. The molecule has 2 N–H and O–H groups in total. The van der Waals surface area contributed by atoms with Gasteiger partial charge in [0.25, 0.3) is 6.43 Å². The van der Waals surface area contributed by atoms with Crippen LogP contribution in [0.3, 0.4) is 0 Å². The maximum absolute atomic E-state index is 13.5. The number of halogens is 5. The van der Waals surface area contributed by atoms with Crippen molar-refractivity contribution >= 4 is 17.7 Å². The second-order valence-electron chi connectivity index (χ2n) is 6.69. The Morgan fingerprint density at radius 2 is 1.68 bits per heavy atom. The quantitative estimate of drug-likeness (QED) is 0.723. The van der Waals surface area contributed by atoms with Crippen molar-refractivity contribution in [1.82, 2.24) is 0 Å². The van der Waals surface area contributed by atoms with Gasteiger partial charge in [-0.05, 0) is 19.3 Å². The minimum Gasteiger partial charge on any atom is -0.481 e. The molecule has 25 heavy (non-hydrogen) atoms. The highest BCUT2D eigenvalue weighted by Gasteiger charge is 2.71. The first-order valence-corrected chi connectivity index (χ1v) is 7.58. The van der Waals surface area contributed by atoms with Crippen LogP contribution in [0.2, 0.25) is 0 Å². The molecule has 0 spiro atoms. The monoisotopic (exact) mass is 373 g/mol. The predicted molar refractivity (Wildman–Crippen MR) is 77.7 cm³/mol. The van der Waals surface area contributed by atoms with Crippen molar-refractivity contribution in [2.24, 2.45) is 27.7 Å². The van der Waals surface area contributed by atoms with Gasteiger partial charge in [-0.3, -0.25) is 14.6 Å². The molecule has 0 aromatic carbocycles. The van der Waals surface area contributed by atoms with Crippen LogP contribution in [0.25, 0.3) is 0 Å². The normalized spacial score (nSPS) is 33.5. The summed E-state index contributed by atoms with van der Waals surface area (Å²) in [5, 5.41) is 19.2. The molecular weight excluding hydrogens is 353 g/mol. The molecule has 1 heterocycles. The summed E-state index contributed by atoms with van der Waals surface area (Å²) < 4.78 is 67.5. The average Bonchev–Trinajstić information content (AvgIpc) is 2.43. The number of hydrogen-bond donors (Lipinski definition) is 2. The van der Waals surface area contributed by atoms with Crippen LogP contribution in [-0.2, 0) is 9.59 Å². The Bertz CT molecular complexity index is 589. The van der Waals surface area contributed by atoms with Crippen molar-refractivity contribution in [1.29, 1.82) is 0 Å². The van der Waals surface area contributed by atoms with Crippen LogP contribution >= 0.6 is 0 Å². The van der Waals surface area contributed by atoms with Crippen LogP contribution in [0.15, 0.2) is 4.99 Å². The van der Waals surface area contributed by atoms with E-state index in [-0.39, 0.29) is 0 Å². The summed E-state index contributed by atoms with van der Waals surface area (Å²) >= 11 is 0. The molecule has 0 aromatic rings. The van der Waals surface area contributed by atoms with E-state index in [0.29, 0.717) is 0 Å². The van der Waals surface area contributed by atoms with Gasteiger partial charge in [-0.2, -0.15) is 13.2 Å². The summed E-state index contributed by atoms with van der Waals surface area (Å²) in [7, 11) is 0. The molecule has 0 amide bonds. The minimum atomic E-state index is -5.22. The summed E-state index contributed by atoms with van der Waals surface area (Å²) in [4.78, 5) is 26.7. The van der Waals surface area contributed by atoms with Crippen LogP contribution in [0, 0.1) is 22.7 Å². The van der Waals surface area contributed by atoms with Crippen LogP contribution in [0.1, 0.15) is 34.1 Å². The fourth-order valence-corrected chi connectivity index (χ4v) is 4.20. The number of carboxylic acids is 2. The third-order valence-electron chi connectivity index (χ3n) is 5.08. The molecule has 0 fully saturated rings. The Morgan fingerprint density at radius 1 is 1.20 bits per heavy atom. The smallest absolute Gasteiger partial charge is 0.411 e. The number of carbonyl (C=O) groups is 2. The van der Waals surface area contributed by atoms with Gasteiger partial charge in [0.1, 0.15) is 10.8 Å². The Balaban J connectivity index is 4.03. The van der Waals surface area contributed by atoms with Crippen molar-refractivity contribution in [3.63, 3.8) is 0 Å². The van der Waals surface area contributed by atoms with Crippen LogP contribution < -0.4 is 0 Å². The van der Waals surface area contributed by atoms with Crippen molar-refractivity contribution < 1.29 is 41.8 Å². The second-order valence-corrected chi connectivity index (χ2v) is 6.69. The zero-order valence-electron chi connectivity index (χ0n) is 14.1. The highest BCUT2D eigenvalue weighted by Crippen LogP contribution is 2.58. The van der Waals surface area contributed by atoms with Crippen LogP contribution in [-0.4, -0.2) is 46.5 Å². The zero-order valence-corrected chi connectivity index (χ0v) is 14.1. The number of nitrogens with zero attached hydrogens (tertiary/aromatic N) is 1. The first-order valence-electron chi connectivity index (χ1n) is 7.58. The Hall–Kier alpha value is -1.74. The molecule has 0 saturated heterocycles. The molecule has 4 unspecified atom stereocenters. The van der Waals surface area contributed by atoms with E-state index in [9.17, 15) is 41.8 Å². The fraction of sp³-hybridized carbons (Fsp3) is 0.800. The summed E-state index contributed by atoms with van der Waals surface area (Å²) in [6.07, 6.45) is -9.39. The van der Waals surface area contributed by atoms with Gasteiger partial charge in [0, 0.05) is 5.92 Å². The molecule has 0 saturated carbocycles. The number of rotatable bonds is 5. The molecule has 0 aromatic heterocycles. The molecule has 5 nitrogen and oxygen atoms in total. The van der Waals surface area contributed by atoms with Crippen molar-refractivity contribution in [3.05, 3.63) is 0 Å². The van der Waals surface area contributed by atoms with E-state index in [1.807, 2.05) is 0 Å². The number of hydrogen-bond acceptors (Lipinski definition) is 3. The molecule has 0 aliphatic carbocycles. The summed E-state index contributed by atoms with van der Waals surface area (Å²) in [5.74, 6) is -6.41. The fourth-order valence-electron chi connectivity index (χ4n) is 4.20. The van der Waals surface area contributed by atoms with E-state index in [2.05, 4.69) is 4.99 Å². The first-order chi connectivity index (χ1) is 11.2. The van der Waals surface area contributed by atoms with E-state index in [0.717, 1.165) is 13.8 Å². The van der Waals surface area contributed by atoms with Gasteiger partial charge in [-0.15, -0.1) is 0 Å². The Morgan fingerprint density at radius 3 is 1.92 bits per heavy atom.